The van der Waals surface area contributed by atoms with Gasteiger partial charge in [0.05, 0.1) is 6.61 Å². The Labute approximate surface area is 58.6 Å². The molecule has 1 atom stereocenters. The van der Waals surface area contributed by atoms with Crippen LogP contribution >= 0.6 is 0 Å². The Hall–Kier alpha value is -1.06. The fourth-order valence-corrected chi connectivity index (χ4v) is 0.960. The third kappa shape index (κ3) is 1.26. The van der Waals surface area contributed by atoms with E-state index in [9.17, 15) is 10.1 Å². The lowest BCUT2D eigenvalue weighted by Crippen LogP contribution is -2.27. The van der Waals surface area contributed by atoms with E-state index in [4.69, 9.17) is 4.74 Å². The first kappa shape index (κ1) is 7.05. The van der Waals surface area contributed by atoms with E-state index in [1.54, 1.807) is 0 Å². The summed E-state index contributed by atoms with van der Waals surface area (Å²) in [5.74, 6) is 0.302. The van der Waals surface area contributed by atoms with Crippen LogP contribution in [0.3, 0.4) is 0 Å². The average Bonchev–Trinajstić information content (AvgIpc) is 1.88. The first-order valence-electron chi connectivity index (χ1n) is 3.17. The second-order valence-electron chi connectivity index (χ2n) is 2.26. The molecule has 0 bridgehead atoms. The molecule has 0 N–H and O–H groups in total. The van der Waals surface area contributed by atoms with Gasteiger partial charge in [0.1, 0.15) is 0 Å². The summed E-state index contributed by atoms with van der Waals surface area (Å²) in [4.78, 5) is 9.88. The molecule has 1 heterocycles. The highest BCUT2D eigenvalue weighted by Crippen LogP contribution is 2.17. The SMILES string of the molecule is C=C1OCCCC1[N+](=O)[O-]. The summed E-state index contributed by atoms with van der Waals surface area (Å²) < 4.78 is 4.92. The van der Waals surface area contributed by atoms with Gasteiger partial charge in [0.25, 0.3) is 6.04 Å². The van der Waals surface area contributed by atoms with Crippen LogP contribution in [-0.4, -0.2) is 17.6 Å². The lowest BCUT2D eigenvalue weighted by molar-refractivity contribution is -0.520. The van der Waals surface area contributed by atoms with Crippen molar-refractivity contribution in [3.05, 3.63) is 22.5 Å². The average molecular weight is 143 g/mol. The van der Waals surface area contributed by atoms with E-state index in [-0.39, 0.29) is 4.92 Å². The fraction of sp³-hybridized carbons (Fsp3) is 0.667. The maximum Gasteiger partial charge on any atom is 0.268 e. The van der Waals surface area contributed by atoms with Crippen molar-refractivity contribution in [1.29, 1.82) is 0 Å². The molecule has 0 aromatic rings. The van der Waals surface area contributed by atoms with Crippen molar-refractivity contribution in [3.63, 3.8) is 0 Å². The lowest BCUT2D eigenvalue weighted by Gasteiger charge is -2.18. The van der Waals surface area contributed by atoms with E-state index < -0.39 is 6.04 Å². The van der Waals surface area contributed by atoms with Gasteiger partial charge >= 0.3 is 0 Å². The van der Waals surface area contributed by atoms with Crippen LogP contribution in [0.1, 0.15) is 12.8 Å². The monoisotopic (exact) mass is 143 g/mol. The predicted octanol–water partition coefficient (Wildman–Crippen LogP) is 0.956. The van der Waals surface area contributed by atoms with Gasteiger partial charge in [0.15, 0.2) is 5.76 Å². The Morgan fingerprint density at radius 3 is 2.90 bits per heavy atom. The largest absolute Gasteiger partial charge is 0.491 e. The zero-order valence-electron chi connectivity index (χ0n) is 5.58. The molecular weight excluding hydrogens is 134 g/mol. The maximum atomic E-state index is 10.2. The fourth-order valence-electron chi connectivity index (χ4n) is 0.960. The van der Waals surface area contributed by atoms with Gasteiger partial charge in [-0.2, -0.15) is 0 Å². The molecule has 1 aliphatic rings. The molecule has 0 spiro atoms. The molecule has 1 rings (SSSR count). The van der Waals surface area contributed by atoms with Crippen LogP contribution in [0.4, 0.5) is 0 Å². The van der Waals surface area contributed by atoms with Crippen molar-refractivity contribution < 1.29 is 9.66 Å². The molecular formula is C6H9NO3. The molecule has 1 unspecified atom stereocenters. The topological polar surface area (TPSA) is 52.4 Å². The van der Waals surface area contributed by atoms with Gasteiger partial charge in [0, 0.05) is 11.3 Å². The van der Waals surface area contributed by atoms with Gasteiger partial charge in [-0.15, -0.1) is 0 Å². The number of nitrogens with zero attached hydrogens (tertiary/aromatic N) is 1. The highest BCUT2D eigenvalue weighted by molar-refractivity contribution is 4.94. The quantitative estimate of drug-likeness (QED) is 0.405. The first-order valence-corrected chi connectivity index (χ1v) is 3.17. The molecule has 0 amide bonds. The summed E-state index contributed by atoms with van der Waals surface area (Å²) in [7, 11) is 0. The Kier molecular flexibility index (Phi) is 1.89. The minimum Gasteiger partial charge on any atom is -0.491 e. The Bertz CT molecular complexity index is 166. The molecule has 1 saturated heterocycles. The minimum absolute atomic E-state index is 0.302. The minimum atomic E-state index is -0.672. The molecule has 0 saturated carbocycles. The van der Waals surface area contributed by atoms with Crippen LogP contribution in [0.2, 0.25) is 0 Å². The highest BCUT2D eigenvalue weighted by atomic mass is 16.6. The number of rotatable bonds is 1. The Balaban J connectivity index is 2.56. The van der Waals surface area contributed by atoms with Gasteiger partial charge in [-0.3, -0.25) is 10.1 Å². The maximum absolute atomic E-state index is 10.2. The van der Waals surface area contributed by atoms with Gasteiger partial charge in [0.2, 0.25) is 0 Å². The third-order valence-corrected chi connectivity index (χ3v) is 1.54. The summed E-state index contributed by atoms with van der Waals surface area (Å²) in [5, 5.41) is 10.2. The van der Waals surface area contributed by atoms with E-state index in [0.717, 1.165) is 6.42 Å². The zero-order valence-corrected chi connectivity index (χ0v) is 5.58. The third-order valence-electron chi connectivity index (χ3n) is 1.54. The second kappa shape index (κ2) is 2.68. The normalized spacial score (nSPS) is 25.6. The van der Waals surface area contributed by atoms with E-state index in [1.165, 1.54) is 0 Å². The summed E-state index contributed by atoms with van der Waals surface area (Å²) in [6.07, 6.45) is 1.32. The van der Waals surface area contributed by atoms with Gasteiger partial charge in [-0.05, 0) is 6.42 Å². The molecule has 4 nitrogen and oxygen atoms in total. The Morgan fingerprint density at radius 1 is 1.80 bits per heavy atom. The molecule has 0 aromatic heterocycles. The molecule has 1 fully saturated rings. The van der Waals surface area contributed by atoms with Gasteiger partial charge in [-0.25, -0.2) is 0 Å². The zero-order chi connectivity index (χ0) is 7.56. The van der Waals surface area contributed by atoms with Crippen molar-refractivity contribution in [2.24, 2.45) is 0 Å². The summed E-state index contributed by atoms with van der Waals surface area (Å²) in [6.45, 7) is 4.03. The van der Waals surface area contributed by atoms with Gasteiger partial charge in [-0.1, -0.05) is 6.58 Å². The van der Waals surface area contributed by atoms with Crippen LogP contribution < -0.4 is 0 Å². The molecule has 4 heteroatoms. The van der Waals surface area contributed by atoms with E-state index in [1.807, 2.05) is 0 Å². The van der Waals surface area contributed by atoms with Crippen LogP contribution in [0, 0.1) is 10.1 Å². The molecule has 0 aromatic carbocycles. The summed E-state index contributed by atoms with van der Waals surface area (Å²) in [5.41, 5.74) is 0. The van der Waals surface area contributed by atoms with E-state index in [2.05, 4.69) is 6.58 Å². The number of ether oxygens (including phenoxy) is 1. The smallest absolute Gasteiger partial charge is 0.268 e. The predicted molar refractivity (Wildman–Crippen MR) is 35.1 cm³/mol. The number of hydrogen-bond acceptors (Lipinski definition) is 3. The van der Waals surface area contributed by atoms with Crippen molar-refractivity contribution in [1.82, 2.24) is 0 Å². The molecule has 56 valence electrons. The van der Waals surface area contributed by atoms with Crippen molar-refractivity contribution >= 4 is 0 Å². The van der Waals surface area contributed by atoms with Crippen molar-refractivity contribution in [2.45, 2.75) is 18.9 Å². The van der Waals surface area contributed by atoms with Crippen LogP contribution in [0.5, 0.6) is 0 Å². The molecule has 0 aliphatic carbocycles. The first-order chi connectivity index (χ1) is 4.72. The molecule has 1 aliphatic heterocycles. The highest BCUT2D eigenvalue weighted by Gasteiger charge is 2.28. The summed E-state index contributed by atoms with van der Waals surface area (Å²) >= 11 is 0. The number of nitro groups is 1. The van der Waals surface area contributed by atoms with E-state index in [0.29, 0.717) is 18.8 Å². The van der Waals surface area contributed by atoms with Crippen molar-refractivity contribution in [3.8, 4) is 0 Å². The van der Waals surface area contributed by atoms with Gasteiger partial charge < -0.3 is 4.74 Å². The number of hydrogen-bond donors (Lipinski definition) is 0. The lowest BCUT2D eigenvalue weighted by atomic mass is 10.1. The van der Waals surface area contributed by atoms with Crippen molar-refractivity contribution in [2.75, 3.05) is 6.61 Å². The molecule has 10 heavy (non-hydrogen) atoms. The standard InChI is InChI=1S/C6H9NO3/c1-5-6(7(8)9)3-2-4-10-5/h6H,1-4H2. The van der Waals surface area contributed by atoms with Crippen LogP contribution in [-0.2, 0) is 4.74 Å². The van der Waals surface area contributed by atoms with E-state index >= 15 is 0 Å². The van der Waals surface area contributed by atoms with Crippen LogP contribution in [0.15, 0.2) is 12.3 Å². The second-order valence-corrected chi connectivity index (χ2v) is 2.26. The van der Waals surface area contributed by atoms with Crippen LogP contribution in [0.25, 0.3) is 0 Å². The summed E-state index contributed by atoms with van der Waals surface area (Å²) in [6, 6.07) is -0.672. The Morgan fingerprint density at radius 2 is 2.50 bits per heavy atom. The molecule has 0 radical (unpaired) electrons.